The maximum atomic E-state index is 12.1. The molecule has 184 valence electrons. The van der Waals surface area contributed by atoms with Gasteiger partial charge in [-0.15, -0.1) is 0 Å². The van der Waals surface area contributed by atoms with Crippen molar-refractivity contribution in [2.24, 2.45) is 11.3 Å². The number of carbonyl (C=O) groups excluding carboxylic acids is 2. The summed E-state index contributed by atoms with van der Waals surface area (Å²) < 4.78 is 6.60. The molecule has 1 heterocycles. The highest BCUT2D eigenvalue weighted by atomic mass is 16.5. The topological polar surface area (TPSA) is 83.8 Å². The molecule has 1 aliphatic heterocycles. The molecule has 0 amide bonds. The van der Waals surface area contributed by atoms with Crippen LogP contribution in [0.2, 0.25) is 0 Å². The molecule has 2 aromatic carbocycles. The van der Waals surface area contributed by atoms with Crippen LogP contribution in [0.25, 0.3) is 0 Å². The average Bonchev–Trinajstić information content (AvgIpc) is 2.83. The summed E-state index contributed by atoms with van der Waals surface area (Å²) in [6.07, 6.45) is 10.7. The Balaban J connectivity index is 2.01. The van der Waals surface area contributed by atoms with Gasteiger partial charge in [0.1, 0.15) is 22.8 Å². The number of aromatic hydroxyl groups is 2. The van der Waals surface area contributed by atoms with E-state index < -0.39 is 11.4 Å². The van der Waals surface area contributed by atoms with E-state index in [1.54, 1.807) is 0 Å². The standard InChI is InChI=1S/C30H34O5/c1-19-11-12-23-24(20-9-6-5-7-10-20)25-27(34)21(17-31)26(33)22(18-32)28(25)35-30(23,4)15-8-14-29(2,3)16-13-19/h5-10,13-14,17-18,23-24,33-34H,11-12,15-16H2,1-4H3/b14-8+,19-13+/t23-,24+,30+/m1/s1. The SMILES string of the molecule is C/C1=C\CC(C)(C)/C=C/C[C@]2(C)Oc3c(C=O)c(O)c(C=O)c(O)c3[C@@H](c3ccccc3)[C@H]2CC1. The molecule has 2 aromatic rings. The van der Waals surface area contributed by atoms with Crippen LogP contribution in [0.4, 0.5) is 0 Å². The van der Waals surface area contributed by atoms with Gasteiger partial charge in [0.2, 0.25) is 0 Å². The largest absolute Gasteiger partial charge is 0.507 e. The van der Waals surface area contributed by atoms with Gasteiger partial charge in [-0.25, -0.2) is 0 Å². The van der Waals surface area contributed by atoms with E-state index in [0.717, 1.165) is 24.8 Å². The van der Waals surface area contributed by atoms with Gasteiger partial charge in [-0.05, 0) is 44.1 Å². The first-order valence-electron chi connectivity index (χ1n) is 12.2. The van der Waals surface area contributed by atoms with E-state index >= 15 is 0 Å². The predicted octanol–water partition coefficient (Wildman–Crippen LogP) is 6.72. The summed E-state index contributed by atoms with van der Waals surface area (Å²) in [5.41, 5.74) is 1.54. The quantitative estimate of drug-likeness (QED) is 0.381. The zero-order valence-corrected chi connectivity index (χ0v) is 20.9. The molecule has 0 unspecified atom stereocenters. The van der Waals surface area contributed by atoms with Crippen LogP contribution >= 0.6 is 0 Å². The molecule has 2 aliphatic rings. The third-order valence-electron chi connectivity index (χ3n) is 7.66. The first-order chi connectivity index (χ1) is 16.6. The number of carbonyl (C=O) groups is 2. The lowest BCUT2D eigenvalue weighted by Gasteiger charge is -2.48. The van der Waals surface area contributed by atoms with Crippen molar-refractivity contribution >= 4 is 12.6 Å². The average molecular weight is 475 g/mol. The molecule has 2 N–H and O–H groups in total. The minimum Gasteiger partial charge on any atom is -0.507 e. The number of fused-ring (bicyclic) bond motifs is 2. The maximum absolute atomic E-state index is 12.1. The Morgan fingerprint density at radius 1 is 0.971 bits per heavy atom. The number of rotatable bonds is 3. The van der Waals surface area contributed by atoms with Gasteiger partial charge in [0.15, 0.2) is 12.6 Å². The van der Waals surface area contributed by atoms with Crippen molar-refractivity contribution in [1.82, 2.24) is 0 Å². The van der Waals surface area contributed by atoms with Gasteiger partial charge in [0, 0.05) is 23.8 Å². The zero-order chi connectivity index (χ0) is 25.4. The first-order valence-corrected chi connectivity index (χ1v) is 12.2. The van der Waals surface area contributed by atoms with Crippen LogP contribution in [0.5, 0.6) is 17.2 Å². The molecule has 0 radical (unpaired) electrons. The van der Waals surface area contributed by atoms with Crippen LogP contribution in [0, 0.1) is 11.3 Å². The van der Waals surface area contributed by atoms with E-state index in [0.29, 0.717) is 24.6 Å². The van der Waals surface area contributed by atoms with E-state index in [9.17, 15) is 19.8 Å². The smallest absolute Gasteiger partial charge is 0.157 e. The van der Waals surface area contributed by atoms with E-state index in [-0.39, 0.29) is 39.9 Å². The number of phenols is 2. The Morgan fingerprint density at radius 2 is 1.66 bits per heavy atom. The summed E-state index contributed by atoms with van der Waals surface area (Å²) in [6, 6.07) is 9.82. The van der Waals surface area contributed by atoms with Gasteiger partial charge >= 0.3 is 0 Å². The van der Waals surface area contributed by atoms with Gasteiger partial charge in [-0.1, -0.05) is 68.0 Å². The Hall–Kier alpha value is -3.34. The highest BCUT2D eigenvalue weighted by Crippen LogP contribution is 2.57. The Morgan fingerprint density at radius 3 is 2.31 bits per heavy atom. The lowest BCUT2D eigenvalue weighted by molar-refractivity contribution is -0.00275. The first kappa shape index (κ1) is 24.8. The van der Waals surface area contributed by atoms with E-state index in [1.165, 1.54) is 5.57 Å². The van der Waals surface area contributed by atoms with Crippen LogP contribution < -0.4 is 4.74 Å². The number of hydrogen-bond donors (Lipinski definition) is 2. The lowest BCUT2D eigenvalue weighted by atomic mass is 9.66. The normalized spacial score (nSPS) is 28.2. The van der Waals surface area contributed by atoms with Crippen molar-refractivity contribution in [3.63, 3.8) is 0 Å². The van der Waals surface area contributed by atoms with Crippen molar-refractivity contribution in [3.8, 4) is 17.2 Å². The van der Waals surface area contributed by atoms with Crippen LogP contribution in [-0.4, -0.2) is 28.4 Å². The van der Waals surface area contributed by atoms with Crippen LogP contribution in [-0.2, 0) is 0 Å². The molecule has 1 aliphatic carbocycles. The van der Waals surface area contributed by atoms with E-state index in [4.69, 9.17) is 4.74 Å². The third kappa shape index (κ3) is 4.52. The molecule has 0 bridgehead atoms. The fraction of sp³-hybridized carbons (Fsp3) is 0.400. The summed E-state index contributed by atoms with van der Waals surface area (Å²) in [6.45, 7) is 8.60. The third-order valence-corrected chi connectivity index (χ3v) is 7.66. The number of aldehydes is 2. The highest BCUT2D eigenvalue weighted by molar-refractivity contribution is 5.95. The number of allylic oxidation sites excluding steroid dienone is 3. The summed E-state index contributed by atoms with van der Waals surface area (Å²) in [5.74, 6) is -1.12. The zero-order valence-electron chi connectivity index (χ0n) is 20.9. The molecule has 4 rings (SSSR count). The molecule has 5 heteroatoms. The van der Waals surface area contributed by atoms with Crippen LogP contribution in [0.3, 0.4) is 0 Å². The predicted molar refractivity (Wildman–Crippen MR) is 137 cm³/mol. The number of benzene rings is 2. The summed E-state index contributed by atoms with van der Waals surface area (Å²) in [5, 5.41) is 21.9. The summed E-state index contributed by atoms with van der Waals surface area (Å²) in [4.78, 5) is 23.9. The molecule has 3 atom stereocenters. The number of hydrogen-bond acceptors (Lipinski definition) is 5. The second-order valence-electron chi connectivity index (χ2n) is 10.8. The second kappa shape index (κ2) is 9.37. The van der Waals surface area contributed by atoms with Crippen LogP contribution in [0.1, 0.15) is 91.1 Å². The van der Waals surface area contributed by atoms with Crippen molar-refractivity contribution in [3.05, 3.63) is 76.4 Å². The van der Waals surface area contributed by atoms with E-state index in [1.807, 2.05) is 37.3 Å². The van der Waals surface area contributed by atoms with Gasteiger partial charge in [0.25, 0.3) is 0 Å². The van der Waals surface area contributed by atoms with Gasteiger partial charge < -0.3 is 14.9 Å². The Kier molecular flexibility index (Phi) is 6.63. The number of phenolic OH excluding ortho intramolecular Hbond substituents is 2. The molecular formula is C30H34O5. The summed E-state index contributed by atoms with van der Waals surface area (Å²) >= 11 is 0. The molecule has 0 saturated carbocycles. The fourth-order valence-electron chi connectivity index (χ4n) is 5.57. The molecule has 5 nitrogen and oxygen atoms in total. The van der Waals surface area contributed by atoms with Crippen molar-refractivity contribution in [2.75, 3.05) is 0 Å². The summed E-state index contributed by atoms with van der Waals surface area (Å²) in [7, 11) is 0. The fourth-order valence-corrected chi connectivity index (χ4v) is 5.57. The minimum atomic E-state index is -0.718. The second-order valence-corrected chi connectivity index (χ2v) is 10.8. The molecule has 0 saturated heterocycles. The van der Waals surface area contributed by atoms with Crippen LogP contribution in [0.15, 0.2) is 54.1 Å². The Bertz CT molecular complexity index is 1190. The van der Waals surface area contributed by atoms with Crippen molar-refractivity contribution in [1.29, 1.82) is 0 Å². The highest BCUT2D eigenvalue weighted by Gasteiger charge is 2.49. The minimum absolute atomic E-state index is 0.00772. The van der Waals surface area contributed by atoms with Gasteiger partial charge in [-0.2, -0.15) is 0 Å². The molecule has 0 spiro atoms. The van der Waals surface area contributed by atoms with Gasteiger partial charge in [-0.3, -0.25) is 9.59 Å². The molecular weight excluding hydrogens is 440 g/mol. The molecule has 0 fully saturated rings. The molecule has 0 aromatic heterocycles. The van der Waals surface area contributed by atoms with Crippen molar-refractivity contribution in [2.45, 2.75) is 64.9 Å². The van der Waals surface area contributed by atoms with Crippen molar-refractivity contribution < 1.29 is 24.5 Å². The Labute approximate surface area is 207 Å². The lowest BCUT2D eigenvalue weighted by Crippen LogP contribution is -2.47. The molecule has 35 heavy (non-hydrogen) atoms. The monoisotopic (exact) mass is 474 g/mol. The van der Waals surface area contributed by atoms with Gasteiger partial charge in [0.05, 0.1) is 11.1 Å². The number of ether oxygens (including phenoxy) is 1. The maximum Gasteiger partial charge on any atom is 0.157 e. The van der Waals surface area contributed by atoms with E-state index in [2.05, 4.69) is 39.0 Å².